The zero-order valence-corrected chi connectivity index (χ0v) is 10.0. The minimum atomic E-state index is -0.568. The van der Waals surface area contributed by atoms with Crippen LogP contribution in [-0.2, 0) is 4.79 Å². The molecule has 1 amide bonds. The van der Waals surface area contributed by atoms with Crippen LogP contribution < -0.4 is 5.32 Å². The predicted molar refractivity (Wildman–Crippen MR) is 62.0 cm³/mol. The van der Waals surface area contributed by atoms with Gasteiger partial charge in [0.05, 0.1) is 11.5 Å². The summed E-state index contributed by atoms with van der Waals surface area (Å²) in [5.41, 5.74) is -0.568. The molecule has 4 heteroatoms. The summed E-state index contributed by atoms with van der Waals surface area (Å²) in [5, 5.41) is 13.1. The molecule has 2 aliphatic heterocycles. The number of hydrogen-bond donors (Lipinski definition) is 2. The van der Waals surface area contributed by atoms with Crippen LogP contribution >= 0.6 is 0 Å². The molecule has 0 unspecified atom stereocenters. The van der Waals surface area contributed by atoms with E-state index in [-0.39, 0.29) is 11.8 Å². The Morgan fingerprint density at radius 2 is 2.12 bits per heavy atom. The summed E-state index contributed by atoms with van der Waals surface area (Å²) in [6, 6.07) is 0. The minimum absolute atomic E-state index is 0.164. The van der Waals surface area contributed by atoms with E-state index in [1.165, 1.54) is 0 Å². The zero-order chi connectivity index (χ0) is 11.6. The van der Waals surface area contributed by atoms with Crippen molar-refractivity contribution in [1.29, 1.82) is 0 Å². The molecule has 2 aliphatic rings. The lowest BCUT2D eigenvalue weighted by molar-refractivity contribution is -0.139. The van der Waals surface area contributed by atoms with Gasteiger partial charge in [0, 0.05) is 19.6 Å². The molecule has 2 fully saturated rings. The molecular weight excluding hydrogens is 204 g/mol. The third kappa shape index (κ3) is 2.74. The first-order valence-corrected chi connectivity index (χ1v) is 6.30. The van der Waals surface area contributed by atoms with Gasteiger partial charge in [0.25, 0.3) is 0 Å². The van der Waals surface area contributed by atoms with Crippen molar-refractivity contribution in [2.24, 2.45) is 5.92 Å². The van der Waals surface area contributed by atoms with E-state index in [1.807, 2.05) is 11.8 Å². The van der Waals surface area contributed by atoms with Crippen molar-refractivity contribution in [3.8, 4) is 0 Å². The van der Waals surface area contributed by atoms with Crippen LogP contribution in [0.25, 0.3) is 0 Å². The molecule has 2 rings (SSSR count). The Bertz CT molecular complexity index is 250. The average Bonchev–Trinajstić information content (AvgIpc) is 2.29. The quantitative estimate of drug-likeness (QED) is 0.679. The first-order valence-electron chi connectivity index (χ1n) is 6.30. The van der Waals surface area contributed by atoms with Crippen LogP contribution in [0, 0.1) is 5.92 Å². The minimum Gasteiger partial charge on any atom is -0.390 e. The topological polar surface area (TPSA) is 52.6 Å². The molecule has 16 heavy (non-hydrogen) atoms. The maximum Gasteiger partial charge on any atom is 0.226 e. The van der Waals surface area contributed by atoms with E-state index in [9.17, 15) is 9.90 Å². The summed E-state index contributed by atoms with van der Waals surface area (Å²) in [6.45, 7) is 5.14. The van der Waals surface area contributed by atoms with E-state index in [0.717, 1.165) is 25.9 Å². The molecule has 2 heterocycles. The molecule has 0 aromatic heterocycles. The fourth-order valence-corrected chi connectivity index (χ4v) is 2.53. The van der Waals surface area contributed by atoms with Gasteiger partial charge in [-0.25, -0.2) is 0 Å². The van der Waals surface area contributed by atoms with E-state index >= 15 is 0 Å². The number of carbonyl (C=O) groups is 1. The van der Waals surface area contributed by atoms with Crippen molar-refractivity contribution in [2.45, 2.75) is 38.2 Å². The third-order valence-corrected chi connectivity index (χ3v) is 3.80. The second-order valence-corrected chi connectivity index (χ2v) is 5.37. The summed E-state index contributed by atoms with van der Waals surface area (Å²) in [6.07, 6.45) is 3.53. The Labute approximate surface area is 97.0 Å². The van der Waals surface area contributed by atoms with E-state index in [4.69, 9.17) is 0 Å². The number of likely N-dealkylation sites (tertiary alicyclic amines) is 1. The smallest absolute Gasteiger partial charge is 0.226 e. The second-order valence-electron chi connectivity index (χ2n) is 5.37. The SMILES string of the molecule is CC1(O)CCN(C(=O)[C@@H]2CCCNC2)CC1. The van der Waals surface area contributed by atoms with Crippen LogP contribution in [0.4, 0.5) is 0 Å². The van der Waals surface area contributed by atoms with E-state index in [0.29, 0.717) is 25.9 Å². The molecule has 2 saturated heterocycles. The molecule has 0 radical (unpaired) electrons. The van der Waals surface area contributed by atoms with Gasteiger partial charge >= 0.3 is 0 Å². The van der Waals surface area contributed by atoms with Crippen molar-refractivity contribution in [1.82, 2.24) is 10.2 Å². The van der Waals surface area contributed by atoms with Crippen molar-refractivity contribution in [2.75, 3.05) is 26.2 Å². The van der Waals surface area contributed by atoms with Crippen LogP contribution in [0.3, 0.4) is 0 Å². The fourth-order valence-electron chi connectivity index (χ4n) is 2.53. The van der Waals surface area contributed by atoms with Crippen molar-refractivity contribution >= 4 is 5.91 Å². The van der Waals surface area contributed by atoms with Crippen LogP contribution in [-0.4, -0.2) is 47.7 Å². The van der Waals surface area contributed by atoms with Crippen LogP contribution in [0.1, 0.15) is 32.6 Å². The van der Waals surface area contributed by atoms with Gasteiger partial charge in [0.1, 0.15) is 0 Å². The lowest BCUT2D eigenvalue weighted by atomic mass is 9.91. The first-order chi connectivity index (χ1) is 7.58. The Morgan fingerprint density at radius 1 is 1.44 bits per heavy atom. The molecular formula is C12H22N2O2. The molecule has 92 valence electrons. The molecule has 0 bridgehead atoms. The molecule has 1 atom stereocenters. The maximum atomic E-state index is 12.2. The van der Waals surface area contributed by atoms with Gasteiger partial charge in [-0.1, -0.05) is 0 Å². The fraction of sp³-hybridized carbons (Fsp3) is 0.917. The largest absolute Gasteiger partial charge is 0.390 e. The summed E-state index contributed by atoms with van der Waals surface area (Å²) in [5.74, 6) is 0.444. The van der Waals surface area contributed by atoms with Crippen LogP contribution in [0.5, 0.6) is 0 Å². The van der Waals surface area contributed by atoms with Gasteiger partial charge in [-0.05, 0) is 39.2 Å². The molecule has 2 N–H and O–H groups in total. The number of carbonyl (C=O) groups excluding carboxylic acids is 1. The second kappa shape index (κ2) is 4.72. The standard InChI is InChI=1S/C12H22N2O2/c1-12(16)4-7-14(8-5-12)11(15)10-3-2-6-13-9-10/h10,13,16H,2-9H2,1H3/t10-/m1/s1. The Hall–Kier alpha value is -0.610. The van der Waals surface area contributed by atoms with E-state index < -0.39 is 5.60 Å². The van der Waals surface area contributed by atoms with Crippen molar-refractivity contribution < 1.29 is 9.90 Å². The predicted octanol–water partition coefficient (Wildman–Crippen LogP) is 0.359. The number of rotatable bonds is 1. The summed E-state index contributed by atoms with van der Waals surface area (Å²) < 4.78 is 0. The number of amides is 1. The monoisotopic (exact) mass is 226 g/mol. The van der Waals surface area contributed by atoms with E-state index in [2.05, 4.69) is 5.32 Å². The van der Waals surface area contributed by atoms with Crippen molar-refractivity contribution in [3.63, 3.8) is 0 Å². The van der Waals surface area contributed by atoms with Crippen molar-refractivity contribution in [3.05, 3.63) is 0 Å². The Morgan fingerprint density at radius 3 is 2.69 bits per heavy atom. The van der Waals surface area contributed by atoms with Crippen LogP contribution in [0.2, 0.25) is 0 Å². The van der Waals surface area contributed by atoms with Gasteiger partial charge in [-0.15, -0.1) is 0 Å². The Balaban J connectivity index is 1.86. The van der Waals surface area contributed by atoms with Gasteiger partial charge in [0.15, 0.2) is 0 Å². The number of nitrogens with zero attached hydrogens (tertiary/aromatic N) is 1. The summed E-state index contributed by atoms with van der Waals surface area (Å²) in [4.78, 5) is 14.1. The highest BCUT2D eigenvalue weighted by molar-refractivity contribution is 5.79. The molecule has 0 aromatic rings. The van der Waals surface area contributed by atoms with Gasteiger partial charge < -0.3 is 15.3 Å². The van der Waals surface area contributed by atoms with Gasteiger partial charge in [-0.2, -0.15) is 0 Å². The number of aliphatic hydroxyl groups is 1. The number of piperidine rings is 2. The van der Waals surface area contributed by atoms with Gasteiger partial charge in [-0.3, -0.25) is 4.79 Å². The third-order valence-electron chi connectivity index (χ3n) is 3.80. The number of nitrogens with one attached hydrogen (secondary N) is 1. The maximum absolute atomic E-state index is 12.2. The summed E-state index contributed by atoms with van der Waals surface area (Å²) >= 11 is 0. The Kier molecular flexibility index (Phi) is 3.50. The van der Waals surface area contributed by atoms with Gasteiger partial charge in [0.2, 0.25) is 5.91 Å². The first kappa shape index (κ1) is 11.9. The average molecular weight is 226 g/mol. The molecule has 0 aliphatic carbocycles. The zero-order valence-electron chi connectivity index (χ0n) is 10.0. The molecule has 0 aromatic carbocycles. The highest BCUT2D eigenvalue weighted by atomic mass is 16.3. The summed E-state index contributed by atoms with van der Waals surface area (Å²) in [7, 11) is 0. The molecule has 0 saturated carbocycles. The number of hydrogen-bond acceptors (Lipinski definition) is 3. The molecule has 4 nitrogen and oxygen atoms in total. The highest BCUT2D eigenvalue weighted by Gasteiger charge is 2.32. The van der Waals surface area contributed by atoms with Crippen LogP contribution in [0.15, 0.2) is 0 Å². The lowest BCUT2D eigenvalue weighted by Crippen LogP contribution is -2.49. The lowest BCUT2D eigenvalue weighted by Gasteiger charge is -2.38. The van der Waals surface area contributed by atoms with E-state index in [1.54, 1.807) is 0 Å². The highest BCUT2D eigenvalue weighted by Crippen LogP contribution is 2.23. The normalized spacial score (nSPS) is 30.1. The molecule has 0 spiro atoms.